The summed E-state index contributed by atoms with van der Waals surface area (Å²) >= 11 is 1.74. The summed E-state index contributed by atoms with van der Waals surface area (Å²) in [7, 11) is 0. The van der Waals surface area contributed by atoms with Crippen LogP contribution in [0.1, 0.15) is 24.3 Å². The predicted molar refractivity (Wildman–Crippen MR) is 179 cm³/mol. The number of hydrogen-bond acceptors (Lipinski definition) is 5. The molecule has 0 N–H and O–H groups in total. The van der Waals surface area contributed by atoms with Gasteiger partial charge in [0.05, 0.1) is 21.3 Å². The zero-order chi connectivity index (χ0) is 29.1. The second kappa shape index (κ2) is 11.7. The van der Waals surface area contributed by atoms with Crippen LogP contribution in [-0.2, 0) is 0 Å². The minimum Gasteiger partial charge on any atom is -0.308 e. The average molecular weight is 564 g/mol. The van der Waals surface area contributed by atoms with E-state index in [9.17, 15) is 0 Å². The molecule has 0 saturated heterocycles. The van der Waals surface area contributed by atoms with Crippen LogP contribution >= 0.6 is 11.3 Å². The van der Waals surface area contributed by atoms with Gasteiger partial charge in [-0.25, -0.2) is 15.0 Å². The molecule has 0 fully saturated rings. The SMILES string of the molecule is C=CC.C=Cc1sc2c(ncc3c4ccccc4n(-c4ccc(-c5ncnc(-c6ccccc6)n5)cc4)c32)c1/C=C\C. The van der Waals surface area contributed by atoms with Crippen LogP contribution in [0.25, 0.3) is 72.6 Å². The molecule has 6 heteroatoms. The fraction of sp³-hybridized carbons (Fsp3) is 0.0556. The molecule has 0 unspecified atom stereocenters. The number of fused-ring (bicyclic) bond motifs is 5. The van der Waals surface area contributed by atoms with Crippen LogP contribution in [0.15, 0.2) is 117 Å². The quantitative estimate of drug-likeness (QED) is 0.196. The molecule has 0 saturated carbocycles. The van der Waals surface area contributed by atoms with Gasteiger partial charge in [0.25, 0.3) is 0 Å². The van der Waals surface area contributed by atoms with E-state index >= 15 is 0 Å². The highest BCUT2D eigenvalue weighted by Gasteiger charge is 2.19. The van der Waals surface area contributed by atoms with E-state index in [0.29, 0.717) is 11.6 Å². The lowest BCUT2D eigenvalue weighted by Crippen LogP contribution is -1.97. The van der Waals surface area contributed by atoms with Crippen molar-refractivity contribution in [1.82, 2.24) is 24.5 Å². The lowest BCUT2D eigenvalue weighted by Gasteiger charge is -2.10. The summed E-state index contributed by atoms with van der Waals surface area (Å²) in [5.41, 5.74) is 7.38. The highest BCUT2D eigenvalue weighted by molar-refractivity contribution is 7.21. The Kier molecular flexibility index (Phi) is 7.54. The van der Waals surface area contributed by atoms with Gasteiger partial charge in [-0.15, -0.1) is 17.9 Å². The van der Waals surface area contributed by atoms with Crippen LogP contribution in [0.4, 0.5) is 0 Å². The summed E-state index contributed by atoms with van der Waals surface area (Å²) in [6, 6.07) is 26.9. The highest BCUT2D eigenvalue weighted by Crippen LogP contribution is 2.41. The Hall–Kier alpha value is -5.20. The van der Waals surface area contributed by atoms with Crippen molar-refractivity contribution in [3.8, 4) is 28.5 Å². The maximum absolute atomic E-state index is 4.92. The zero-order valence-electron chi connectivity index (χ0n) is 23.5. The van der Waals surface area contributed by atoms with E-state index in [1.165, 1.54) is 5.39 Å². The third-order valence-electron chi connectivity index (χ3n) is 6.91. The van der Waals surface area contributed by atoms with E-state index in [1.54, 1.807) is 23.7 Å². The van der Waals surface area contributed by atoms with E-state index in [1.807, 2.05) is 56.5 Å². The Morgan fingerprint density at radius 1 is 0.762 bits per heavy atom. The number of hydrogen-bond donors (Lipinski definition) is 0. The van der Waals surface area contributed by atoms with Crippen molar-refractivity contribution in [3.05, 3.63) is 127 Å². The van der Waals surface area contributed by atoms with Gasteiger partial charge in [-0.05, 0) is 44.2 Å². The Balaban J connectivity index is 0.00000101. The maximum atomic E-state index is 4.92. The van der Waals surface area contributed by atoms with Crippen LogP contribution in [0, 0.1) is 0 Å². The first-order valence-corrected chi connectivity index (χ1v) is 14.5. The number of rotatable bonds is 5. The molecule has 0 aliphatic rings. The third-order valence-corrected chi connectivity index (χ3v) is 8.10. The van der Waals surface area contributed by atoms with E-state index in [2.05, 4.69) is 88.4 Å². The minimum atomic E-state index is 0.647. The second-order valence-electron chi connectivity index (χ2n) is 9.59. The molecule has 42 heavy (non-hydrogen) atoms. The largest absolute Gasteiger partial charge is 0.308 e. The van der Waals surface area contributed by atoms with Crippen LogP contribution < -0.4 is 0 Å². The molecule has 7 rings (SSSR count). The van der Waals surface area contributed by atoms with Gasteiger partial charge in [0.1, 0.15) is 6.33 Å². The monoisotopic (exact) mass is 563 g/mol. The van der Waals surface area contributed by atoms with Crippen LogP contribution in [0.3, 0.4) is 0 Å². The van der Waals surface area contributed by atoms with Crippen molar-refractivity contribution in [3.63, 3.8) is 0 Å². The van der Waals surface area contributed by atoms with E-state index in [-0.39, 0.29) is 0 Å². The summed E-state index contributed by atoms with van der Waals surface area (Å²) in [5.74, 6) is 1.31. The molecule has 0 spiro atoms. The third kappa shape index (κ3) is 4.72. The molecule has 0 aliphatic heterocycles. The molecular weight excluding hydrogens is 534 g/mol. The summed E-state index contributed by atoms with van der Waals surface area (Å²) in [6.07, 6.45) is 11.4. The van der Waals surface area contributed by atoms with Crippen LogP contribution in [0.5, 0.6) is 0 Å². The lowest BCUT2D eigenvalue weighted by atomic mass is 10.1. The van der Waals surface area contributed by atoms with Crippen LogP contribution in [0.2, 0.25) is 0 Å². The van der Waals surface area contributed by atoms with Crippen molar-refractivity contribution in [2.24, 2.45) is 0 Å². The molecule has 0 aliphatic carbocycles. The van der Waals surface area contributed by atoms with Gasteiger partial charge in [0.15, 0.2) is 11.6 Å². The normalized spacial score (nSPS) is 11.2. The standard InChI is InChI=1S/C33H23N5S.C3H6/c1-3-10-25-28(4-2)39-31-29(25)34-19-26-24-13-8-9-14-27(24)38(30(26)31)23-17-15-22(16-18-23)33-36-20-35-32(37-33)21-11-6-5-7-12-21;1-3-2/h3-20H,2H2,1H3;3H,1H2,2H3/b10-3-;. The molecule has 4 aromatic heterocycles. The van der Waals surface area contributed by atoms with Crippen molar-refractivity contribution >= 4 is 55.5 Å². The predicted octanol–water partition coefficient (Wildman–Crippen LogP) is 9.78. The van der Waals surface area contributed by atoms with Gasteiger partial charge in [-0.2, -0.15) is 0 Å². The molecular formula is C36H29N5S. The van der Waals surface area contributed by atoms with Crippen molar-refractivity contribution in [2.75, 3.05) is 0 Å². The number of nitrogens with zero attached hydrogens (tertiary/aromatic N) is 5. The summed E-state index contributed by atoms with van der Waals surface area (Å²) in [4.78, 5) is 19.6. The number of pyridine rings is 1. The molecule has 4 heterocycles. The van der Waals surface area contributed by atoms with E-state index < -0.39 is 0 Å². The molecule has 204 valence electrons. The lowest BCUT2D eigenvalue weighted by molar-refractivity contribution is 1.06. The molecule has 3 aromatic carbocycles. The maximum Gasteiger partial charge on any atom is 0.163 e. The first kappa shape index (κ1) is 27.0. The van der Waals surface area contributed by atoms with Gasteiger partial charge in [-0.1, -0.05) is 79.4 Å². The number of aromatic nitrogens is 5. The smallest absolute Gasteiger partial charge is 0.163 e. The Morgan fingerprint density at radius 3 is 2.12 bits per heavy atom. The number of para-hydroxylation sites is 1. The van der Waals surface area contributed by atoms with Gasteiger partial charge in [0, 0.05) is 44.2 Å². The van der Waals surface area contributed by atoms with Gasteiger partial charge in [-0.3, -0.25) is 4.98 Å². The minimum absolute atomic E-state index is 0.647. The van der Waals surface area contributed by atoms with Crippen molar-refractivity contribution in [2.45, 2.75) is 13.8 Å². The molecule has 0 amide bonds. The van der Waals surface area contributed by atoms with E-state index in [0.717, 1.165) is 53.9 Å². The van der Waals surface area contributed by atoms with Crippen molar-refractivity contribution < 1.29 is 0 Å². The molecule has 7 aromatic rings. The van der Waals surface area contributed by atoms with Gasteiger partial charge in [0.2, 0.25) is 0 Å². The molecule has 0 atom stereocenters. The Morgan fingerprint density at radius 2 is 1.43 bits per heavy atom. The summed E-state index contributed by atoms with van der Waals surface area (Å²) in [5, 5.41) is 2.31. The zero-order valence-corrected chi connectivity index (χ0v) is 24.3. The first-order valence-electron chi connectivity index (χ1n) is 13.7. The molecule has 0 radical (unpaired) electrons. The second-order valence-corrected chi connectivity index (χ2v) is 10.6. The fourth-order valence-corrected chi connectivity index (χ4v) is 6.29. The molecule has 0 bridgehead atoms. The average Bonchev–Trinajstić information content (AvgIpc) is 3.58. The number of thiophene rings is 1. The van der Waals surface area contributed by atoms with Crippen LogP contribution in [-0.4, -0.2) is 24.5 Å². The Bertz CT molecular complexity index is 2080. The number of allylic oxidation sites excluding steroid dienone is 2. The highest BCUT2D eigenvalue weighted by atomic mass is 32.1. The summed E-state index contributed by atoms with van der Waals surface area (Å²) in [6.45, 7) is 11.3. The first-order chi connectivity index (χ1) is 20.7. The Labute approximate surface area is 248 Å². The molecule has 5 nitrogen and oxygen atoms in total. The van der Waals surface area contributed by atoms with Crippen molar-refractivity contribution in [1.29, 1.82) is 0 Å². The van der Waals surface area contributed by atoms with Gasteiger partial charge < -0.3 is 4.57 Å². The topological polar surface area (TPSA) is 56.5 Å². The van der Waals surface area contributed by atoms with E-state index in [4.69, 9.17) is 9.97 Å². The van der Waals surface area contributed by atoms with Gasteiger partial charge >= 0.3 is 0 Å². The number of benzene rings is 3. The summed E-state index contributed by atoms with van der Waals surface area (Å²) < 4.78 is 3.49. The fourth-order valence-electron chi connectivity index (χ4n) is 5.16.